The number of hydrogen-bond donors (Lipinski definition) is 0. The molecule has 0 saturated heterocycles. The van der Waals surface area contributed by atoms with Gasteiger partial charge in [-0.05, 0) is 52.3 Å². The fourth-order valence-electron chi connectivity index (χ4n) is 3.01. The molecule has 3 heterocycles. The number of fused-ring (bicyclic) bond motifs is 1. The van der Waals surface area contributed by atoms with Crippen molar-refractivity contribution in [2.24, 2.45) is 0 Å². The molecule has 0 N–H and O–H groups in total. The molecule has 28 heavy (non-hydrogen) atoms. The zero-order valence-electron chi connectivity index (χ0n) is 14.9. The Balaban J connectivity index is 1.76. The molecule has 3 aromatic heterocycles. The van der Waals surface area contributed by atoms with E-state index in [1.54, 1.807) is 12.1 Å². The van der Waals surface area contributed by atoms with Crippen LogP contribution in [0.1, 0.15) is 12.1 Å². The summed E-state index contributed by atoms with van der Waals surface area (Å²) in [6.45, 7) is 0. The van der Waals surface area contributed by atoms with E-state index in [-0.39, 0.29) is 5.82 Å². The lowest BCUT2D eigenvalue weighted by Crippen LogP contribution is -2.13. The van der Waals surface area contributed by atoms with Gasteiger partial charge in [0.15, 0.2) is 5.13 Å². The van der Waals surface area contributed by atoms with Crippen molar-refractivity contribution in [2.45, 2.75) is 12.8 Å². The van der Waals surface area contributed by atoms with E-state index in [2.05, 4.69) is 22.0 Å². The second kappa shape index (κ2) is 7.70. The largest absolute Gasteiger partial charge is 0.305 e. The minimum Gasteiger partial charge on any atom is -0.305 e. The summed E-state index contributed by atoms with van der Waals surface area (Å²) in [6.07, 6.45) is 2.91. The molecule has 5 nitrogen and oxygen atoms in total. The average Bonchev–Trinajstić information content (AvgIpc) is 3.31. The smallest absolute Gasteiger partial charge is 0.191 e. The van der Waals surface area contributed by atoms with Crippen molar-refractivity contribution in [1.82, 2.24) is 14.4 Å². The van der Waals surface area contributed by atoms with E-state index in [1.807, 2.05) is 40.1 Å². The van der Waals surface area contributed by atoms with Crippen LogP contribution in [0.25, 0.3) is 16.9 Å². The quantitative estimate of drug-likeness (QED) is 0.393. The van der Waals surface area contributed by atoms with E-state index in [1.165, 1.54) is 23.5 Å². The van der Waals surface area contributed by atoms with Gasteiger partial charge < -0.3 is 4.90 Å². The number of nitriles is 1. The summed E-state index contributed by atoms with van der Waals surface area (Å²) in [5.74, 6) is 0.612. The van der Waals surface area contributed by atoms with Gasteiger partial charge in [0, 0.05) is 41.5 Å². The normalized spacial score (nSPS) is 10.9. The monoisotopic (exact) mass is 455 g/mol. The molecule has 4 aromatic rings. The first kappa shape index (κ1) is 18.6. The van der Waals surface area contributed by atoms with Gasteiger partial charge in [0.2, 0.25) is 0 Å². The van der Waals surface area contributed by atoms with Crippen molar-refractivity contribution in [3.8, 4) is 17.3 Å². The number of anilines is 2. The lowest BCUT2D eigenvalue weighted by Gasteiger charge is -2.17. The van der Waals surface area contributed by atoms with Crippen LogP contribution in [0, 0.1) is 17.1 Å². The SMILES string of the molecule is CN(c1nc(-c2ccc(F)cc2)cs1)c1c(CCC#N)nc2ccc(Br)cn12. The maximum absolute atomic E-state index is 13.2. The van der Waals surface area contributed by atoms with Crippen molar-refractivity contribution in [1.29, 1.82) is 5.26 Å². The van der Waals surface area contributed by atoms with E-state index in [0.29, 0.717) is 12.8 Å². The Morgan fingerprint density at radius 3 is 2.75 bits per heavy atom. The number of imidazole rings is 1. The summed E-state index contributed by atoms with van der Waals surface area (Å²) < 4.78 is 16.1. The summed E-state index contributed by atoms with van der Waals surface area (Å²) in [7, 11) is 1.94. The molecule has 0 fully saturated rings. The molecule has 0 radical (unpaired) electrons. The van der Waals surface area contributed by atoms with Crippen LogP contribution in [0.2, 0.25) is 0 Å². The lowest BCUT2D eigenvalue weighted by atomic mass is 10.2. The molecule has 140 valence electrons. The zero-order chi connectivity index (χ0) is 19.7. The third-order valence-corrected chi connectivity index (χ3v) is 5.72. The van der Waals surface area contributed by atoms with Crippen LogP contribution < -0.4 is 4.90 Å². The average molecular weight is 456 g/mol. The summed E-state index contributed by atoms with van der Waals surface area (Å²) in [5, 5.41) is 11.7. The van der Waals surface area contributed by atoms with Gasteiger partial charge in [0.25, 0.3) is 0 Å². The Hall–Kier alpha value is -2.76. The van der Waals surface area contributed by atoms with E-state index >= 15 is 0 Å². The summed E-state index contributed by atoms with van der Waals surface area (Å²) >= 11 is 5.01. The molecule has 4 rings (SSSR count). The Labute approximate surface area is 173 Å². The molecule has 8 heteroatoms. The second-order valence-electron chi connectivity index (χ2n) is 6.20. The van der Waals surface area contributed by atoms with E-state index in [0.717, 1.165) is 38.0 Å². The molecule has 0 aliphatic carbocycles. The predicted molar refractivity (Wildman–Crippen MR) is 112 cm³/mol. The summed E-state index contributed by atoms with van der Waals surface area (Å²) in [4.78, 5) is 11.4. The van der Waals surface area contributed by atoms with E-state index < -0.39 is 0 Å². The van der Waals surface area contributed by atoms with Crippen LogP contribution in [0.4, 0.5) is 15.3 Å². The van der Waals surface area contributed by atoms with Crippen LogP contribution in [0.3, 0.4) is 0 Å². The molecule has 0 unspecified atom stereocenters. The van der Waals surface area contributed by atoms with Crippen LogP contribution >= 0.6 is 27.3 Å². The molecule has 1 aromatic carbocycles. The van der Waals surface area contributed by atoms with Crippen LogP contribution in [0.15, 0.2) is 52.4 Å². The van der Waals surface area contributed by atoms with Crippen LogP contribution in [-0.4, -0.2) is 21.4 Å². The van der Waals surface area contributed by atoms with Crippen LogP contribution in [-0.2, 0) is 6.42 Å². The first-order chi connectivity index (χ1) is 13.6. The Morgan fingerprint density at radius 1 is 1.21 bits per heavy atom. The fraction of sp³-hybridized carbons (Fsp3) is 0.150. The number of aromatic nitrogens is 3. The molecule has 0 aliphatic heterocycles. The minimum absolute atomic E-state index is 0.269. The van der Waals surface area contributed by atoms with Crippen molar-refractivity contribution < 1.29 is 4.39 Å². The third-order valence-electron chi connectivity index (χ3n) is 4.34. The Kier molecular flexibility index (Phi) is 5.11. The van der Waals surface area contributed by atoms with Gasteiger partial charge in [-0.2, -0.15) is 5.26 Å². The van der Waals surface area contributed by atoms with Gasteiger partial charge in [-0.25, -0.2) is 14.4 Å². The summed E-state index contributed by atoms with van der Waals surface area (Å²) in [5.41, 5.74) is 3.32. The van der Waals surface area contributed by atoms with Crippen molar-refractivity contribution in [2.75, 3.05) is 11.9 Å². The molecule has 0 bridgehead atoms. The molecule has 0 spiro atoms. The predicted octanol–water partition coefficient (Wildman–Crippen LogP) is 5.58. The molecule has 0 atom stereocenters. The minimum atomic E-state index is -0.269. The Bertz CT molecular complexity index is 1180. The van der Waals surface area contributed by atoms with Crippen molar-refractivity contribution >= 4 is 43.9 Å². The number of aryl methyl sites for hydroxylation is 1. The van der Waals surface area contributed by atoms with E-state index in [4.69, 9.17) is 15.2 Å². The van der Waals surface area contributed by atoms with Gasteiger partial charge >= 0.3 is 0 Å². The van der Waals surface area contributed by atoms with E-state index in [9.17, 15) is 4.39 Å². The number of rotatable bonds is 5. The highest BCUT2D eigenvalue weighted by Gasteiger charge is 2.20. The number of nitrogens with zero attached hydrogens (tertiary/aromatic N) is 5. The molecule has 0 saturated carbocycles. The standard InChI is InChI=1S/C20H15BrFN5S/c1-26(20-25-17(12-28-20)13-4-7-15(22)8-5-13)19-16(3-2-10-23)24-18-9-6-14(21)11-27(18)19/h4-9,11-12H,2-3H2,1H3. The first-order valence-corrected chi connectivity index (χ1v) is 10.2. The van der Waals surface area contributed by atoms with Crippen molar-refractivity contribution in [3.63, 3.8) is 0 Å². The molecule has 0 aliphatic rings. The highest BCUT2D eigenvalue weighted by atomic mass is 79.9. The number of thiazole rings is 1. The van der Waals surface area contributed by atoms with Crippen molar-refractivity contribution in [3.05, 3.63) is 64.0 Å². The second-order valence-corrected chi connectivity index (χ2v) is 7.95. The highest BCUT2D eigenvalue weighted by molar-refractivity contribution is 9.10. The molecule has 0 amide bonds. The van der Waals surface area contributed by atoms with Gasteiger partial charge in [-0.15, -0.1) is 11.3 Å². The summed E-state index contributed by atoms with van der Waals surface area (Å²) in [6, 6.07) is 12.4. The van der Waals surface area contributed by atoms with Gasteiger partial charge in [0.1, 0.15) is 17.3 Å². The van der Waals surface area contributed by atoms with Crippen LogP contribution in [0.5, 0.6) is 0 Å². The number of hydrogen-bond acceptors (Lipinski definition) is 5. The maximum atomic E-state index is 13.2. The number of benzene rings is 1. The zero-order valence-corrected chi connectivity index (χ0v) is 17.3. The molecular formula is C20H15BrFN5S. The topological polar surface area (TPSA) is 57.2 Å². The van der Waals surface area contributed by atoms with Gasteiger partial charge in [-0.1, -0.05) is 0 Å². The van der Waals surface area contributed by atoms with Gasteiger partial charge in [-0.3, -0.25) is 4.40 Å². The van der Waals surface area contributed by atoms with Gasteiger partial charge in [0.05, 0.1) is 17.5 Å². The highest BCUT2D eigenvalue weighted by Crippen LogP contribution is 2.34. The number of pyridine rings is 1. The lowest BCUT2D eigenvalue weighted by molar-refractivity contribution is 0.628. The third kappa shape index (κ3) is 3.51. The number of halogens is 2. The first-order valence-electron chi connectivity index (χ1n) is 8.55. The maximum Gasteiger partial charge on any atom is 0.191 e. The molecular weight excluding hydrogens is 441 g/mol. The fourth-order valence-corrected chi connectivity index (χ4v) is 4.15. The Morgan fingerprint density at radius 2 is 2.00 bits per heavy atom.